The number of carboxylic acids is 1. The molecule has 1 aliphatic heterocycles. The van der Waals surface area contributed by atoms with E-state index in [4.69, 9.17) is 16.7 Å². The third-order valence-electron chi connectivity index (χ3n) is 5.37. The van der Waals surface area contributed by atoms with E-state index in [2.05, 4.69) is 11.4 Å². The Balaban J connectivity index is 1.72. The second kappa shape index (κ2) is 8.20. The zero-order valence-corrected chi connectivity index (χ0v) is 17.2. The number of amides is 1. The number of nitrogens with zero attached hydrogens (tertiary/aromatic N) is 1. The first-order chi connectivity index (χ1) is 14.4. The molecule has 0 saturated heterocycles. The highest BCUT2D eigenvalue weighted by atomic mass is 35.5. The van der Waals surface area contributed by atoms with Crippen LogP contribution in [0.1, 0.15) is 35.3 Å². The first-order valence-corrected chi connectivity index (χ1v) is 10.1. The van der Waals surface area contributed by atoms with Gasteiger partial charge in [0.25, 0.3) is 0 Å². The van der Waals surface area contributed by atoms with Crippen LogP contribution in [0.3, 0.4) is 0 Å². The molecular formula is C24H21ClN2O3. The highest BCUT2D eigenvalue weighted by Gasteiger charge is 2.27. The number of carbonyl (C=O) groups is 2. The Bertz CT molecular complexity index is 1090. The van der Waals surface area contributed by atoms with Crippen molar-refractivity contribution in [1.82, 2.24) is 0 Å². The number of aromatic carboxylic acids is 1. The van der Waals surface area contributed by atoms with E-state index in [1.165, 1.54) is 0 Å². The number of carboxylic acid groups (broad SMARTS) is 1. The van der Waals surface area contributed by atoms with Gasteiger partial charge in [-0.2, -0.15) is 0 Å². The van der Waals surface area contributed by atoms with Crippen molar-refractivity contribution >= 4 is 34.9 Å². The smallest absolute Gasteiger partial charge is 0.335 e. The minimum Gasteiger partial charge on any atom is -0.478 e. The van der Waals surface area contributed by atoms with Gasteiger partial charge in [-0.25, -0.2) is 4.79 Å². The average Bonchev–Trinajstić information content (AvgIpc) is 2.75. The number of carbonyl (C=O) groups excluding carboxylic acids is 1. The summed E-state index contributed by atoms with van der Waals surface area (Å²) in [6, 6.07) is 20.4. The van der Waals surface area contributed by atoms with Gasteiger partial charge in [-0.1, -0.05) is 29.8 Å². The van der Waals surface area contributed by atoms with Crippen LogP contribution in [-0.4, -0.2) is 23.5 Å². The molecule has 0 saturated carbocycles. The number of nitrogens with one attached hydrogen (secondary N) is 1. The lowest BCUT2D eigenvalue weighted by Crippen LogP contribution is -2.36. The third kappa shape index (κ3) is 4.02. The standard InChI is InChI=1S/C24H21ClN2O3/c1-15(28)27-13-12-22(26-20-9-7-19(25)8-10-20)21-14-18(6-11-23(21)27)16-2-4-17(5-3-16)24(29)30/h2-11,14,22,26H,12-13H2,1H3,(H,29,30)/t22-/m1/s1. The molecule has 0 spiro atoms. The maximum absolute atomic E-state index is 12.2. The van der Waals surface area contributed by atoms with Crippen LogP contribution in [0.15, 0.2) is 66.7 Å². The lowest BCUT2D eigenvalue weighted by atomic mass is 9.92. The quantitative estimate of drug-likeness (QED) is 0.575. The van der Waals surface area contributed by atoms with E-state index >= 15 is 0 Å². The van der Waals surface area contributed by atoms with E-state index < -0.39 is 5.97 Å². The van der Waals surface area contributed by atoms with Crippen molar-refractivity contribution in [3.63, 3.8) is 0 Å². The molecule has 3 aromatic rings. The van der Waals surface area contributed by atoms with Crippen molar-refractivity contribution in [2.45, 2.75) is 19.4 Å². The van der Waals surface area contributed by atoms with Crippen LogP contribution in [0.2, 0.25) is 5.02 Å². The normalized spacial score (nSPS) is 15.4. The molecule has 0 radical (unpaired) electrons. The average molecular weight is 421 g/mol. The molecule has 1 heterocycles. The largest absolute Gasteiger partial charge is 0.478 e. The number of anilines is 2. The van der Waals surface area contributed by atoms with Crippen LogP contribution in [-0.2, 0) is 4.79 Å². The Hall–Kier alpha value is -3.31. The fraction of sp³-hybridized carbons (Fsp3) is 0.167. The summed E-state index contributed by atoms with van der Waals surface area (Å²) in [4.78, 5) is 25.1. The van der Waals surface area contributed by atoms with Crippen molar-refractivity contribution in [3.05, 3.63) is 82.9 Å². The SMILES string of the molecule is CC(=O)N1CC[C@@H](Nc2ccc(Cl)cc2)c2cc(-c3ccc(C(=O)O)cc3)ccc21. The summed E-state index contributed by atoms with van der Waals surface area (Å²) in [7, 11) is 0. The van der Waals surface area contributed by atoms with Crippen LogP contribution in [0.25, 0.3) is 11.1 Å². The first-order valence-electron chi connectivity index (χ1n) is 9.70. The summed E-state index contributed by atoms with van der Waals surface area (Å²) in [5, 5.41) is 13.4. The summed E-state index contributed by atoms with van der Waals surface area (Å²) >= 11 is 6.00. The molecule has 1 atom stereocenters. The van der Waals surface area contributed by atoms with Crippen molar-refractivity contribution in [3.8, 4) is 11.1 Å². The molecule has 0 aliphatic carbocycles. The topological polar surface area (TPSA) is 69.6 Å². The Labute approximate surface area is 179 Å². The predicted octanol–water partition coefficient (Wildman–Crippen LogP) is 5.62. The number of hydrogen-bond donors (Lipinski definition) is 2. The summed E-state index contributed by atoms with van der Waals surface area (Å²) in [5.41, 5.74) is 5.04. The van der Waals surface area contributed by atoms with Crippen molar-refractivity contribution in [2.75, 3.05) is 16.8 Å². The molecule has 5 nitrogen and oxygen atoms in total. The summed E-state index contributed by atoms with van der Waals surface area (Å²) in [6.45, 7) is 2.22. The minimum atomic E-state index is -0.948. The maximum atomic E-state index is 12.2. The van der Waals surface area contributed by atoms with Gasteiger partial charge in [-0.15, -0.1) is 0 Å². The minimum absolute atomic E-state index is 0.0137. The van der Waals surface area contributed by atoms with E-state index in [0.717, 1.165) is 34.5 Å². The van der Waals surface area contributed by atoms with Gasteiger partial charge in [0.2, 0.25) is 5.91 Å². The second-order valence-corrected chi connectivity index (χ2v) is 7.76. The molecule has 3 aromatic carbocycles. The number of rotatable bonds is 4. The first kappa shape index (κ1) is 20.0. The molecule has 0 aromatic heterocycles. The van der Waals surface area contributed by atoms with Gasteiger partial charge >= 0.3 is 5.97 Å². The molecule has 4 rings (SSSR count). The van der Waals surface area contributed by atoms with Gasteiger partial charge in [0.05, 0.1) is 11.6 Å². The fourth-order valence-corrected chi connectivity index (χ4v) is 3.95. The maximum Gasteiger partial charge on any atom is 0.335 e. The summed E-state index contributed by atoms with van der Waals surface area (Å²) in [6.07, 6.45) is 0.774. The van der Waals surface area contributed by atoms with Crippen LogP contribution < -0.4 is 10.2 Å². The van der Waals surface area contributed by atoms with Crippen LogP contribution in [0, 0.1) is 0 Å². The van der Waals surface area contributed by atoms with Crippen LogP contribution >= 0.6 is 11.6 Å². The van der Waals surface area contributed by atoms with Crippen LogP contribution in [0.5, 0.6) is 0 Å². The number of hydrogen-bond acceptors (Lipinski definition) is 3. The molecule has 0 fully saturated rings. The Morgan fingerprint density at radius 2 is 1.67 bits per heavy atom. The Morgan fingerprint density at radius 3 is 2.30 bits per heavy atom. The van der Waals surface area contributed by atoms with Crippen molar-refractivity contribution < 1.29 is 14.7 Å². The Kier molecular flexibility index (Phi) is 5.46. The molecule has 1 aliphatic rings. The van der Waals surface area contributed by atoms with Gasteiger partial charge in [-0.05, 0) is 71.6 Å². The van der Waals surface area contributed by atoms with E-state index in [9.17, 15) is 9.59 Å². The van der Waals surface area contributed by atoms with Gasteiger partial charge in [-0.3, -0.25) is 4.79 Å². The number of fused-ring (bicyclic) bond motifs is 1. The summed E-state index contributed by atoms with van der Waals surface area (Å²) < 4.78 is 0. The van der Waals surface area contributed by atoms with Crippen molar-refractivity contribution in [1.29, 1.82) is 0 Å². The van der Waals surface area contributed by atoms with Gasteiger partial charge in [0.15, 0.2) is 0 Å². The molecule has 30 heavy (non-hydrogen) atoms. The number of halogens is 1. The molecule has 0 bridgehead atoms. The molecular weight excluding hydrogens is 400 g/mol. The van der Waals surface area contributed by atoms with Gasteiger partial charge in [0.1, 0.15) is 0 Å². The molecule has 2 N–H and O–H groups in total. The second-order valence-electron chi connectivity index (χ2n) is 7.32. The van der Waals surface area contributed by atoms with E-state index in [0.29, 0.717) is 11.6 Å². The monoisotopic (exact) mass is 420 g/mol. The van der Waals surface area contributed by atoms with Gasteiger partial charge < -0.3 is 15.3 Å². The lowest BCUT2D eigenvalue weighted by Gasteiger charge is -2.35. The molecule has 152 valence electrons. The van der Waals surface area contributed by atoms with E-state index in [1.807, 2.05) is 36.4 Å². The molecule has 6 heteroatoms. The highest BCUT2D eigenvalue weighted by molar-refractivity contribution is 6.30. The lowest BCUT2D eigenvalue weighted by molar-refractivity contribution is -0.116. The third-order valence-corrected chi connectivity index (χ3v) is 5.62. The zero-order chi connectivity index (χ0) is 21.3. The fourth-order valence-electron chi connectivity index (χ4n) is 3.82. The zero-order valence-electron chi connectivity index (χ0n) is 16.4. The molecule has 0 unspecified atom stereocenters. The highest BCUT2D eigenvalue weighted by Crippen LogP contribution is 2.38. The van der Waals surface area contributed by atoms with Gasteiger partial charge in [0, 0.05) is 29.9 Å². The number of benzene rings is 3. The van der Waals surface area contributed by atoms with Crippen molar-refractivity contribution in [2.24, 2.45) is 0 Å². The van der Waals surface area contributed by atoms with Crippen LogP contribution in [0.4, 0.5) is 11.4 Å². The molecule has 1 amide bonds. The Morgan fingerprint density at radius 1 is 1.00 bits per heavy atom. The van der Waals surface area contributed by atoms with E-state index in [-0.39, 0.29) is 17.5 Å². The summed E-state index contributed by atoms with van der Waals surface area (Å²) in [5.74, 6) is -0.934. The predicted molar refractivity (Wildman–Crippen MR) is 119 cm³/mol. The van der Waals surface area contributed by atoms with E-state index in [1.54, 1.807) is 36.1 Å².